The van der Waals surface area contributed by atoms with Crippen LogP contribution >= 0.6 is 0 Å². The van der Waals surface area contributed by atoms with Gasteiger partial charge in [0.05, 0.1) is 4.90 Å². The SMILES string of the molecule is O=S(=O)(c1ccc(OC(F)(F)F)cc1)N1CCN(Cc2ccncc2)CC1. The van der Waals surface area contributed by atoms with E-state index in [1.54, 1.807) is 12.4 Å². The number of alkyl halides is 3. The minimum atomic E-state index is -4.81. The van der Waals surface area contributed by atoms with Gasteiger partial charge >= 0.3 is 6.36 Å². The van der Waals surface area contributed by atoms with E-state index in [4.69, 9.17) is 0 Å². The highest BCUT2D eigenvalue weighted by molar-refractivity contribution is 7.89. The number of benzene rings is 1. The van der Waals surface area contributed by atoms with Gasteiger partial charge in [0.15, 0.2) is 0 Å². The molecule has 0 atom stereocenters. The van der Waals surface area contributed by atoms with Crippen molar-refractivity contribution in [1.82, 2.24) is 14.2 Å². The molecule has 3 rings (SSSR count). The Morgan fingerprint density at radius 2 is 1.56 bits per heavy atom. The Hall–Kier alpha value is -2.17. The molecule has 146 valence electrons. The summed E-state index contributed by atoms with van der Waals surface area (Å²) in [7, 11) is -3.76. The fraction of sp³-hybridized carbons (Fsp3) is 0.353. The Morgan fingerprint density at radius 3 is 2.11 bits per heavy atom. The maximum atomic E-state index is 12.7. The minimum absolute atomic E-state index is 0.0559. The normalized spacial score (nSPS) is 17.0. The first kappa shape index (κ1) is 19.6. The van der Waals surface area contributed by atoms with E-state index in [0.717, 1.165) is 29.8 Å². The molecule has 27 heavy (non-hydrogen) atoms. The molecule has 1 aliphatic rings. The molecule has 0 saturated carbocycles. The molecule has 6 nitrogen and oxygen atoms in total. The van der Waals surface area contributed by atoms with Crippen molar-refractivity contribution in [1.29, 1.82) is 0 Å². The smallest absolute Gasteiger partial charge is 0.406 e. The summed E-state index contributed by atoms with van der Waals surface area (Å²) in [6.45, 7) is 2.47. The highest BCUT2D eigenvalue weighted by Crippen LogP contribution is 2.25. The van der Waals surface area contributed by atoms with Gasteiger partial charge in [0, 0.05) is 45.1 Å². The maximum Gasteiger partial charge on any atom is 0.573 e. The molecule has 0 unspecified atom stereocenters. The fourth-order valence-corrected chi connectivity index (χ4v) is 4.26. The molecular formula is C17H18F3N3O3S. The summed E-state index contributed by atoms with van der Waals surface area (Å²) in [5.74, 6) is -0.455. The molecule has 2 heterocycles. The summed E-state index contributed by atoms with van der Waals surface area (Å²) in [5, 5.41) is 0. The van der Waals surface area contributed by atoms with Gasteiger partial charge in [-0.3, -0.25) is 9.88 Å². The van der Waals surface area contributed by atoms with Gasteiger partial charge in [-0.25, -0.2) is 8.42 Å². The highest BCUT2D eigenvalue weighted by Gasteiger charge is 2.32. The summed E-state index contributed by atoms with van der Waals surface area (Å²) >= 11 is 0. The molecule has 0 radical (unpaired) electrons. The van der Waals surface area contributed by atoms with Gasteiger partial charge in [-0.15, -0.1) is 13.2 Å². The molecule has 0 N–H and O–H groups in total. The van der Waals surface area contributed by atoms with Gasteiger partial charge < -0.3 is 4.74 Å². The lowest BCUT2D eigenvalue weighted by Gasteiger charge is -2.34. The Balaban J connectivity index is 1.61. The average molecular weight is 401 g/mol. The first-order valence-electron chi connectivity index (χ1n) is 8.21. The van der Waals surface area contributed by atoms with E-state index in [9.17, 15) is 21.6 Å². The number of hydrogen-bond acceptors (Lipinski definition) is 5. The van der Waals surface area contributed by atoms with Crippen molar-refractivity contribution in [2.75, 3.05) is 26.2 Å². The van der Waals surface area contributed by atoms with Gasteiger partial charge in [0.25, 0.3) is 0 Å². The number of hydrogen-bond donors (Lipinski definition) is 0. The van der Waals surface area contributed by atoms with E-state index in [1.165, 1.54) is 4.31 Å². The van der Waals surface area contributed by atoms with E-state index in [1.807, 2.05) is 12.1 Å². The van der Waals surface area contributed by atoms with Gasteiger partial charge in [0.2, 0.25) is 10.0 Å². The minimum Gasteiger partial charge on any atom is -0.406 e. The van der Waals surface area contributed by atoms with Crippen LogP contribution in [-0.4, -0.2) is 55.1 Å². The third-order valence-electron chi connectivity index (χ3n) is 4.18. The number of aromatic nitrogens is 1. The van der Waals surface area contributed by atoms with Crippen LogP contribution in [-0.2, 0) is 16.6 Å². The number of pyridine rings is 1. The molecule has 1 saturated heterocycles. The largest absolute Gasteiger partial charge is 0.573 e. The Bertz CT molecular complexity index is 850. The van der Waals surface area contributed by atoms with E-state index < -0.39 is 22.1 Å². The van der Waals surface area contributed by atoms with Crippen molar-refractivity contribution in [2.24, 2.45) is 0 Å². The lowest BCUT2D eigenvalue weighted by molar-refractivity contribution is -0.274. The number of nitrogens with zero attached hydrogens (tertiary/aromatic N) is 3. The van der Waals surface area contributed by atoms with Gasteiger partial charge in [0.1, 0.15) is 5.75 Å². The first-order valence-corrected chi connectivity index (χ1v) is 9.65. The van der Waals surface area contributed by atoms with Crippen molar-refractivity contribution in [3.63, 3.8) is 0 Å². The van der Waals surface area contributed by atoms with Crippen molar-refractivity contribution in [2.45, 2.75) is 17.8 Å². The second-order valence-corrected chi connectivity index (χ2v) is 7.99. The Labute approximate surface area is 155 Å². The zero-order valence-electron chi connectivity index (χ0n) is 14.3. The molecule has 1 aromatic heterocycles. The monoisotopic (exact) mass is 401 g/mol. The number of rotatable bonds is 5. The molecule has 10 heteroatoms. The van der Waals surface area contributed by atoms with Gasteiger partial charge in [-0.05, 0) is 42.0 Å². The summed E-state index contributed by atoms with van der Waals surface area (Å²) in [6, 6.07) is 8.07. The third-order valence-corrected chi connectivity index (χ3v) is 6.09. The molecule has 0 spiro atoms. The van der Waals surface area contributed by atoms with Crippen LogP contribution in [0.15, 0.2) is 53.7 Å². The molecule has 1 aromatic carbocycles. The van der Waals surface area contributed by atoms with Crippen molar-refractivity contribution in [3.05, 3.63) is 54.4 Å². The van der Waals surface area contributed by atoms with Crippen LogP contribution in [0, 0.1) is 0 Å². The molecule has 0 bridgehead atoms. The summed E-state index contributed by atoms with van der Waals surface area (Å²) in [5.41, 5.74) is 1.10. The maximum absolute atomic E-state index is 12.7. The summed E-state index contributed by atoms with van der Waals surface area (Å²) in [4.78, 5) is 6.05. The fourth-order valence-electron chi connectivity index (χ4n) is 2.84. The Morgan fingerprint density at radius 1 is 0.963 bits per heavy atom. The van der Waals surface area contributed by atoms with E-state index in [2.05, 4.69) is 14.6 Å². The standard InChI is InChI=1S/C17H18F3N3O3S/c18-17(19,20)26-15-1-3-16(4-2-15)27(24,25)23-11-9-22(10-12-23)13-14-5-7-21-8-6-14/h1-8H,9-13H2. The number of sulfonamides is 1. The van der Waals surface area contributed by atoms with Crippen LogP contribution in [0.3, 0.4) is 0 Å². The predicted octanol–water partition coefficient (Wildman–Crippen LogP) is 2.49. The molecule has 0 amide bonds. The van der Waals surface area contributed by atoms with Crippen LogP contribution in [0.4, 0.5) is 13.2 Å². The molecule has 1 fully saturated rings. The lowest BCUT2D eigenvalue weighted by atomic mass is 10.2. The Kier molecular flexibility index (Phi) is 5.68. The van der Waals surface area contributed by atoms with E-state index in [-0.39, 0.29) is 4.90 Å². The van der Waals surface area contributed by atoms with Crippen LogP contribution < -0.4 is 4.74 Å². The van der Waals surface area contributed by atoms with Crippen molar-refractivity contribution in [3.8, 4) is 5.75 Å². The zero-order valence-corrected chi connectivity index (χ0v) is 15.1. The van der Waals surface area contributed by atoms with Crippen LogP contribution in [0.1, 0.15) is 5.56 Å². The van der Waals surface area contributed by atoms with Gasteiger partial charge in [-0.1, -0.05) is 0 Å². The topological polar surface area (TPSA) is 62.7 Å². The van der Waals surface area contributed by atoms with Crippen LogP contribution in [0.5, 0.6) is 5.75 Å². The van der Waals surface area contributed by atoms with Crippen molar-refractivity contribution < 1.29 is 26.3 Å². The zero-order chi connectivity index (χ0) is 19.5. The molecular weight excluding hydrogens is 383 g/mol. The summed E-state index contributed by atoms with van der Waals surface area (Å²) < 4.78 is 67.1. The molecule has 0 aliphatic carbocycles. The third kappa shape index (κ3) is 5.18. The van der Waals surface area contributed by atoms with E-state index >= 15 is 0 Å². The number of piperazine rings is 1. The predicted molar refractivity (Wildman–Crippen MR) is 91.4 cm³/mol. The first-order chi connectivity index (χ1) is 12.7. The summed E-state index contributed by atoms with van der Waals surface area (Å²) in [6.07, 6.45) is -1.39. The quantitative estimate of drug-likeness (QED) is 0.770. The van der Waals surface area contributed by atoms with Gasteiger partial charge in [-0.2, -0.15) is 4.31 Å². The lowest BCUT2D eigenvalue weighted by Crippen LogP contribution is -2.48. The highest BCUT2D eigenvalue weighted by atomic mass is 32.2. The second kappa shape index (κ2) is 7.83. The van der Waals surface area contributed by atoms with Crippen LogP contribution in [0.25, 0.3) is 0 Å². The molecule has 2 aromatic rings. The van der Waals surface area contributed by atoms with Crippen molar-refractivity contribution >= 4 is 10.0 Å². The number of ether oxygens (including phenoxy) is 1. The van der Waals surface area contributed by atoms with Crippen LogP contribution in [0.2, 0.25) is 0 Å². The number of halogens is 3. The van der Waals surface area contributed by atoms with E-state index in [0.29, 0.717) is 32.7 Å². The molecule has 1 aliphatic heterocycles. The second-order valence-electron chi connectivity index (χ2n) is 6.05. The average Bonchev–Trinajstić information content (AvgIpc) is 2.62.